The predicted octanol–water partition coefficient (Wildman–Crippen LogP) is -0.759. The molecule has 0 radical (unpaired) electrons. The van der Waals surface area contributed by atoms with E-state index >= 15 is 0 Å². The summed E-state index contributed by atoms with van der Waals surface area (Å²) in [6.07, 6.45) is 6.27. The Balaban J connectivity index is 1.88. The second-order valence-electron chi connectivity index (χ2n) is 3.84. The maximum absolute atomic E-state index is 11.2. The zero-order valence-electron chi connectivity index (χ0n) is 7.90. The molecule has 2 rings (SSSR count). The van der Waals surface area contributed by atoms with E-state index in [1.807, 2.05) is 0 Å². The van der Waals surface area contributed by atoms with Gasteiger partial charge in [0.15, 0.2) is 0 Å². The molecule has 0 spiro atoms. The molecule has 1 saturated heterocycles. The molecule has 3 N–H and O–H groups in total. The maximum Gasteiger partial charge on any atom is 0.232 e. The molecule has 2 fully saturated rings. The smallest absolute Gasteiger partial charge is 0.232 e. The van der Waals surface area contributed by atoms with Crippen LogP contribution in [0.1, 0.15) is 12.8 Å². The predicted molar refractivity (Wildman–Crippen MR) is 51.2 cm³/mol. The van der Waals surface area contributed by atoms with Gasteiger partial charge in [0.2, 0.25) is 5.91 Å². The third-order valence-electron chi connectivity index (χ3n) is 3.04. The van der Waals surface area contributed by atoms with Gasteiger partial charge in [-0.3, -0.25) is 4.79 Å². The van der Waals surface area contributed by atoms with Crippen molar-refractivity contribution >= 4 is 5.91 Å². The molecule has 0 aromatic carbocycles. The van der Waals surface area contributed by atoms with Gasteiger partial charge in [0.05, 0.1) is 18.6 Å². The summed E-state index contributed by atoms with van der Waals surface area (Å²) in [5, 5.41) is 2.81. The Labute approximate surface area is 83.2 Å². The summed E-state index contributed by atoms with van der Waals surface area (Å²) in [6, 6.07) is -0.00688. The number of amides is 1. The Morgan fingerprint density at radius 2 is 2.50 bits per heavy atom. The van der Waals surface area contributed by atoms with E-state index in [-0.39, 0.29) is 30.5 Å². The normalized spacial score (nSPS) is 39.4. The van der Waals surface area contributed by atoms with Crippen molar-refractivity contribution in [1.82, 2.24) is 5.32 Å². The van der Waals surface area contributed by atoms with E-state index in [0.717, 1.165) is 13.0 Å². The largest absolute Gasteiger partial charge is 0.376 e. The molecule has 4 nitrogen and oxygen atoms in total. The minimum absolute atomic E-state index is 0.0317. The second kappa shape index (κ2) is 3.60. The Morgan fingerprint density at radius 1 is 1.71 bits per heavy atom. The third kappa shape index (κ3) is 1.39. The molecule has 0 bridgehead atoms. The van der Waals surface area contributed by atoms with Gasteiger partial charge in [0.1, 0.15) is 0 Å². The number of nitrogens with two attached hydrogens (primary N) is 1. The molecular weight excluding hydrogens is 180 g/mol. The summed E-state index contributed by atoms with van der Waals surface area (Å²) in [4.78, 5) is 11.2. The van der Waals surface area contributed by atoms with E-state index in [2.05, 4.69) is 11.2 Å². The number of hydrogen-bond donors (Lipinski definition) is 2. The fourth-order valence-electron chi connectivity index (χ4n) is 2.26. The zero-order valence-corrected chi connectivity index (χ0v) is 7.90. The Bertz CT molecular complexity index is 284. The summed E-state index contributed by atoms with van der Waals surface area (Å²) >= 11 is 0. The molecule has 1 heterocycles. The van der Waals surface area contributed by atoms with Gasteiger partial charge in [-0.1, -0.05) is 5.92 Å². The number of terminal acetylenes is 1. The molecule has 1 amide bonds. The van der Waals surface area contributed by atoms with E-state index in [0.29, 0.717) is 5.92 Å². The Hall–Kier alpha value is -1.05. The number of ether oxygens (including phenoxy) is 1. The molecule has 14 heavy (non-hydrogen) atoms. The van der Waals surface area contributed by atoms with Crippen LogP contribution < -0.4 is 11.1 Å². The summed E-state index contributed by atoms with van der Waals surface area (Å²) < 4.78 is 5.47. The summed E-state index contributed by atoms with van der Waals surface area (Å²) in [6.45, 7) is 0.755. The van der Waals surface area contributed by atoms with Crippen LogP contribution in [0.3, 0.4) is 0 Å². The van der Waals surface area contributed by atoms with Gasteiger partial charge in [0.25, 0.3) is 0 Å². The van der Waals surface area contributed by atoms with E-state index in [9.17, 15) is 4.79 Å². The van der Waals surface area contributed by atoms with Gasteiger partial charge in [-0.05, 0) is 6.42 Å². The first-order valence-electron chi connectivity index (χ1n) is 4.84. The highest BCUT2D eigenvalue weighted by atomic mass is 16.5. The molecule has 4 heteroatoms. The first-order chi connectivity index (χ1) is 6.74. The molecule has 76 valence electrons. The number of rotatable bonds is 2. The Morgan fingerprint density at radius 3 is 3.21 bits per heavy atom. The molecule has 1 aliphatic carbocycles. The average Bonchev–Trinajstić information content (AvgIpc) is 2.59. The lowest BCUT2D eigenvalue weighted by atomic mass is 9.72. The lowest BCUT2D eigenvalue weighted by molar-refractivity contribution is -0.124. The van der Waals surface area contributed by atoms with Gasteiger partial charge in [-0.2, -0.15) is 0 Å². The van der Waals surface area contributed by atoms with Crippen molar-refractivity contribution in [3.8, 4) is 12.3 Å². The van der Waals surface area contributed by atoms with Gasteiger partial charge in [-0.25, -0.2) is 0 Å². The van der Waals surface area contributed by atoms with Crippen molar-refractivity contribution in [1.29, 1.82) is 0 Å². The van der Waals surface area contributed by atoms with E-state index in [4.69, 9.17) is 16.9 Å². The molecule has 4 unspecified atom stereocenters. The number of hydrogen-bond acceptors (Lipinski definition) is 3. The van der Waals surface area contributed by atoms with Crippen molar-refractivity contribution < 1.29 is 9.53 Å². The molecule has 2 aliphatic rings. The molecule has 1 saturated carbocycles. The zero-order chi connectivity index (χ0) is 10.1. The van der Waals surface area contributed by atoms with Crippen LogP contribution >= 0.6 is 0 Å². The average molecular weight is 194 g/mol. The highest BCUT2D eigenvalue weighted by Gasteiger charge is 2.52. The van der Waals surface area contributed by atoms with E-state index in [1.54, 1.807) is 0 Å². The van der Waals surface area contributed by atoms with Crippen molar-refractivity contribution in [2.24, 2.45) is 11.7 Å². The van der Waals surface area contributed by atoms with Crippen LogP contribution in [0.2, 0.25) is 0 Å². The molecule has 1 aliphatic heterocycles. The molecule has 0 aromatic rings. The molecule has 4 atom stereocenters. The highest BCUT2D eigenvalue weighted by Crippen LogP contribution is 2.37. The SMILES string of the molecule is C#CCC(=O)NC1C(N)C2CCOC21. The van der Waals surface area contributed by atoms with Gasteiger partial charge in [0, 0.05) is 18.6 Å². The lowest BCUT2D eigenvalue weighted by Gasteiger charge is -2.45. The maximum atomic E-state index is 11.2. The highest BCUT2D eigenvalue weighted by molar-refractivity contribution is 5.79. The second-order valence-corrected chi connectivity index (χ2v) is 3.84. The van der Waals surface area contributed by atoms with Crippen molar-refractivity contribution in [2.45, 2.75) is 31.0 Å². The van der Waals surface area contributed by atoms with Crippen LogP contribution in [0.15, 0.2) is 0 Å². The van der Waals surface area contributed by atoms with Crippen LogP contribution in [-0.2, 0) is 9.53 Å². The number of carbonyl (C=O) groups excluding carboxylic acids is 1. The van der Waals surface area contributed by atoms with Gasteiger partial charge in [-0.15, -0.1) is 6.42 Å². The van der Waals surface area contributed by atoms with Crippen molar-refractivity contribution in [2.75, 3.05) is 6.61 Å². The monoisotopic (exact) mass is 194 g/mol. The van der Waals surface area contributed by atoms with Crippen molar-refractivity contribution in [3.63, 3.8) is 0 Å². The summed E-state index contributed by atoms with van der Waals surface area (Å²) in [5.41, 5.74) is 5.91. The fourth-order valence-corrected chi connectivity index (χ4v) is 2.26. The summed E-state index contributed by atoms with van der Waals surface area (Å²) in [5.74, 6) is 2.59. The topological polar surface area (TPSA) is 64.4 Å². The lowest BCUT2D eigenvalue weighted by Crippen LogP contribution is -2.68. The fraction of sp³-hybridized carbons (Fsp3) is 0.700. The van der Waals surface area contributed by atoms with Crippen LogP contribution in [0.5, 0.6) is 0 Å². The van der Waals surface area contributed by atoms with Gasteiger partial charge < -0.3 is 15.8 Å². The first-order valence-corrected chi connectivity index (χ1v) is 4.84. The van der Waals surface area contributed by atoms with E-state index in [1.165, 1.54) is 0 Å². The summed E-state index contributed by atoms with van der Waals surface area (Å²) in [7, 11) is 0. The van der Waals surface area contributed by atoms with Crippen LogP contribution in [0.25, 0.3) is 0 Å². The quantitative estimate of drug-likeness (QED) is 0.568. The number of carbonyl (C=O) groups is 1. The standard InChI is InChI=1S/C10H14N2O2/c1-2-3-7(13)12-9-8(11)6-4-5-14-10(6)9/h1,6,8-10H,3-5,11H2,(H,12,13). The molecule has 0 aromatic heterocycles. The van der Waals surface area contributed by atoms with Gasteiger partial charge >= 0.3 is 0 Å². The minimum Gasteiger partial charge on any atom is -0.376 e. The van der Waals surface area contributed by atoms with E-state index < -0.39 is 0 Å². The van der Waals surface area contributed by atoms with Crippen LogP contribution in [-0.4, -0.2) is 30.7 Å². The third-order valence-corrected chi connectivity index (χ3v) is 3.04. The van der Waals surface area contributed by atoms with Crippen LogP contribution in [0.4, 0.5) is 0 Å². The molecular formula is C10H14N2O2. The Kier molecular flexibility index (Phi) is 2.44. The minimum atomic E-state index is -0.137. The van der Waals surface area contributed by atoms with Crippen molar-refractivity contribution in [3.05, 3.63) is 0 Å². The first kappa shape index (κ1) is 9.50. The number of nitrogens with one attached hydrogen (secondary N) is 1. The van der Waals surface area contributed by atoms with Crippen LogP contribution in [0, 0.1) is 18.3 Å². The number of fused-ring (bicyclic) bond motifs is 1.